The van der Waals surface area contributed by atoms with E-state index in [0.717, 1.165) is 17.8 Å². The maximum atomic E-state index is 10.4. The van der Waals surface area contributed by atoms with E-state index in [4.69, 9.17) is 4.99 Å². The van der Waals surface area contributed by atoms with Gasteiger partial charge in [0.05, 0.1) is 10.7 Å². The third-order valence-electron chi connectivity index (χ3n) is 5.82. The summed E-state index contributed by atoms with van der Waals surface area (Å²) in [5, 5.41) is 14.2. The summed E-state index contributed by atoms with van der Waals surface area (Å²) in [7, 11) is -1.31. The summed E-state index contributed by atoms with van der Waals surface area (Å²) in [5.41, 5.74) is 1.82. The molecule has 3 nitrogen and oxygen atoms in total. The summed E-state index contributed by atoms with van der Waals surface area (Å²) >= 11 is 0. The van der Waals surface area contributed by atoms with Gasteiger partial charge in [-0.25, -0.2) is 4.99 Å². The molecule has 1 aromatic rings. The Morgan fingerprint density at radius 1 is 0.963 bits per heavy atom. The minimum Gasteiger partial charge on any atom is -0.507 e. The lowest BCUT2D eigenvalue weighted by molar-refractivity contribution is 0.259. The first-order valence-corrected chi connectivity index (χ1v) is 11.9. The Bertz CT molecular complexity index is 732. The van der Waals surface area contributed by atoms with Gasteiger partial charge in [0.25, 0.3) is 0 Å². The van der Waals surface area contributed by atoms with Gasteiger partial charge in [-0.05, 0) is 43.5 Å². The number of phenols is 1. The van der Waals surface area contributed by atoms with Crippen LogP contribution >= 0.6 is 10.0 Å². The topological polar surface area (TPSA) is 35.8 Å². The Morgan fingerprint density at radius 3 is 2.11 bits per heavy atom. The molecule has 0 saturated carbocycles. The maximum absolute atomic E-state index is 10.4. The van der Waals surface area contributed by atoms with Crippen molar-refractivity contribution in [3.05, 3.63) is 35.2 Å². The molecule has 1 saturated heterocycles. The third-order valence-corrected chi connectivity index (χ3v) is 11.2. The molecule has 27 heavy (non-hydrogen) atoms. The van der Waals surface area contributed by atoms with Crippen molar-refractivity contribution >= 4 is 20.8 Å². The summed E-state index contributed by atoms with van der Waals surface area (Å²) < 4.78 is 0.206. The smallest absolute Gasteiger partial charge is 0.124 e. The van der Waals surface area contributed by atoms with Crippen LogP contribution in [-0.2, 0) is 0 Å². The first-order valence-electron chi connectivity index (χ1n) is 10.2. The zero-order valence-corrected chi connectivity index (χ0v) is 18.7. The van der Waals surface area contributed by atoms with E-state index in [1.54, 1.807) is 6.07 Å². The predicted molar refractivity (Wildman–Crippen MR) is 121 cm³/mol. The summed E-state index contributed by atoms with van der Waals surface area (Å²) in [6, 6.07) is 7.61. The lowest BCUT2D eigenvalue weighted by atomic mass is 10.1. The van der Waals surface area contributed by atoms with Crippen LogP contribution in [0.5, 0.6) is 5.75 Å². The highest BCUT2D eigenvalue weighted by molar-refractivity contribution is 8.49. The van der Waals surface area contributed by atoms with Crippen LogP contribution in [-0.4, -0.2) is 44.2 Å². The molecule has 0 unspecified atom stereocenters. The number of rotatable bonds is 3. The number of phenolic OH excluding ortho intramolecular Hbond substituents is 1. The first-order chi connectivity index (χ1) is 12.6. The van der Waals surface area contributed by atoms with Gasteiger partial charge in [-0.2, -0.15) is 10.0 Å². The fourth-order valence-corrected chi connectivity index (χ4v) is 9.94. The number of para-hydroxylation sites is 1. The average Bonchev–Trinajstić information content (AvgIpc) is 2.96. The fraction of sp³-hybridized carbons (Fsp3) is 0.609. The van der Waals surface area contributed by atoms with Gasteiger partial charge >= 0.3 is 0 Å². The van der Waals surface area contributed by atoms with E-state index in [1.165, 1.54) is 37.4 Å². The number of hydrogen-bond donors (Lipinski definition) is 1. The molecular formula is C23H36N2OS. The van der Waals surface area contributed by atoms with Crippen molar-refractivity contribution < 1.29 is 5.11 Å². The van der Waals surface area contributed by atoms with Crippen molar-refractivity contribution in [1.82, 2.24) is 4.90 Å². The molecule has 150 valence electrons. The number of aromatic hydroxyl groups is 1. The zero-order chi connectivity index (χ0) is 19.9. The zero-order valence-electron chi connectivity index (χ0n) is 17.9. The van der Waals surface area contributed by atoms with Gasteiger partial charge in [-0.3, -0.25) is 4.90 Å². The molecule has 1 fully saturated rings. The molecule has 3 rings (SSSR count). The maximum Gasteiger partial charge on any atom is 0.124 e. The molecule has 4 heteroatoms. The second kappa shape index (κ2) is 7.29. The molecule has 0 spiro atoms. The molecule has 2 heterocycles. The lowest BCUT2D eigenvalue weighted by Crippen LogP contribution is -2.45. The van der Waals surface area contributed by atoms with E-state index in [1.807, 2.05) is 18.2 Å². The predicted octanol–water partition coefficient (Wildman–Crippen LogP) is 5.99. The van der Waals surface area contributed by atoms with Gasteiger partial charge in [0.2, 0.25) is 0 Å². The standard InChI is InChI=1S/C23H36N2OS/c1-22(2,3)27(23(4,5)6)17-19(18-12-8-9-13-20(18)26)24-21(27)16-25-14-10-7-11-15-25/h8-9,12-13,17,26H,7,10-11,14-16H2,1-6H3. The summed E-state index contributed by atoms with van der Waals surface area (Å²) in [6.07, 6.45) is 3.93. The van der Waals surface area contributed by atoms with Gasteiger partial charge < -0.3 is 5.11 Å². The highest BCUT2D eigenvalue weighted by Gasteiger charge is 2.50. The van der Waals surface area contributed by atoms with E-state index in [2.05, 4.69) is 51.9 Å². The van der Waals surface area contributed by atoms with E-state index < -0.39 is 10.0 Å². The van der Waals surface area contributed by atoms with Gasteiger partial charge in [0.1, 0.15) is 5.75 Å². The first kappa shape index (κ1) is 20.5. The number of likely N-dealkylation sites (tertiary alicyclic amines) is 1. The molecule has 0 radical (unpaired) electrons. The van der Waals surface area contributed by atoms with Crippen molar-refractivity contribution in [2.75, 3.05) is 19.6 Å². The summed E-state index contributed by atoms with van der Waals surface area (Å²) in [6.45, 7) is 17.5. The van der Waals surface area contributed by atoms with Crippen molar-refractivity contribution in [3.63, 3.8) is 0 Å². The molecule has 1 aromatic carbocycles. The van der Waals surface area contributed by atoms with Gasteiger partial charge in [0.15, 0.2) is 0 Å². The Labute approximate surface area is 166 Å². The summed E-state index contributed by atoms with van der Waals surface area (Å²) in [4.78, 5) is 7.80. The van der Waals surface area contributed by atoms with Crippen LogP contribution in [0.2, 0.25) is 0 Å². The molecular weight excluding hydrogens is 352 g/mol. The number of piperidine rings is 1. The quantitative estimate of drug-likeness (QED) is 0.690. The number of nitrogens with zero attached hydrogens (tertiary/aromatic N) is 2. The van der Waals surface area contributed by atoms with Crippen molar-refractivity contribution in [3.8, 4) is 5.75 Å². The molecule has 0 bridgehead atoms. The van der Waals surface area contributed by atoms with E-state index in [9.17, 15) is 5.11 Å². The van der Waals surface area contributed by atoms with Crippen LogP contribution in [0.25, 0.3) is 5.70 Å². The highest BCUT2D eigenvalue weighted by Crippen LogP contribution is 2.73. The molecule has 0 aromatic heterocycles. The monoisotopic (exact) mass is 388 g/mol. The van der Waals surface area contributed by atoms with E-state index >= 15 is 0 Å². The van der Waals surface area contributed by atoms with Crippen LogP contribution in [0.15, 0.2) is 34.7 Å². The van der Waals surface area contributed by atoms with Gasteiger partial charge in [0, 0.05) is 21.6 Å². The van der Waals surface area contributed by atoms with Crippen molar-refractivity contribution in [2.45, 2.75) is 70.3 Å². The van der Waals surface area contributed by atoms with E-state index in [-0.39, 0.29) is 9.49 Å². The lowest BCUT2D eigenvalue weighted by Gasteiger charge is -2.56. The normalized spacial score (nSPS) is 22.3. The number of benzene rings is 1. The SMILES string of the molecule is CC(C)(C)S1(C(C)(C)C)C=C(c2ccccc2O)N=C1CN1CCCCC1. The van der Waals surface area contributed by atoms with Crippen LogP contribution in [0, 0.1) is 0 Å². The van der Waals surface area contributed by atoms with Crippen molar-refractivity contribution in [2.24, 2.45) is 4.99 Å². The molecule has 0 atom stereocenters. The minimum absolute atomic E-state index is 0.103. The summed E-state index contributed by atoms with van der Waals surface area (Å²) in [5.74, 6) is 0.322. The van der Waals surface area contributed by atoms with Crippen molar-refractivity contribution in [1.29, 1.82) is 0 Å². The molecule has 0 amide bonds. The average molecular weight is 389 g/mol. The fourth-order valence-electron chi connectivity index (χ4n) is 4.71. The number of aliphatic imine (C=N–C) groups is 1. The Kier molecular flexibility index (Phi) is 5.53. The highest BCUT2D eigenvalue weighted by atomic mass is 32.3. The Morgan fingerprint density at radius 2 is 1.56 bits per heavy atom. The largest absolute Gasteiger partial charge is 0.507 e. The van der Waals surface area contributed by atoms with Gasteiger partial charge in [-0.1, -0.05) is 60.1 Å². The molecule has 2 aliphatic heterocycles. The second-order valence-electron chi connectivity index (χ2n) is 9.75. The molecule has 1 N–H and O–H groups in total. The van der Waals surface area contributed by atoms with E-state index in [0.29, 0.717) is 5.75 Å². The van der Waals surface area contributed by atoms with Crippen LogP contribution in [0.3, 0.4) is 0 Å². The van der Waals surface area contributed by atoms with Crippen LogP contribution in [0.4, 0.5) is 0 Å². The van der Waals surface area contributed by atoms with Gasteiger partial charge in [-0.15, -0.1) is 0 Å². The molecule has 2 aliphatic rings. The Hall–Kier alpha value is -1.26. The molecule has 0 aliphatic carbocycles. The number of hydrogen-bond acceptors (Lipinski definition) is 3. The Balaban J connectivity index is 2.11. The minimum atomic E-state index is -1.31. The third kappa shape index (κ3) is 3.71. The van der Waals surface area contributed by atoms with Crippen LogP contribution in [0.1, 0.15) is 66.4 Å². The second-order valence-corrected chi connectivity index (χ2v) is 14.2. The van der Waals surface area contributed by atoms with Crippen LogP contribution < -0.4 is 0 Å².